The molecular weight excluding hydrogens is 309 g/mol. The summed E-state index contributed by atoms with van der Waals surface area (Å²) in [6.45, 7) is 2.90. The van der Waals surface area contributed by atoms with Gasteiger partial charge in [-0.1, -0.05) is 12.1 Å². The lowest BCUT2D eigenvalue weighted by molar-refractivity contribution is -0.126. The average Bonchev–Trinajstić information content (AvgIpc) is 2.97. The zero-order valence-electron chi connectivity index (χ0n) is 13.4. The van der Waals surface area contributed by atoms with E-state index in [-0.39, 0.29) is 23.8 Å². The molecule has 1 aromatic carbocycles. The van der Waals surface area contributed by atoms with Crippen molar-refractivity contribution < 1.29 is 14.0 Å². The normalized spacial score (nSPS) is 21.1. The summed E-state index contributed by atoms with van der Waals surface area (Å²) in [4.78, 5) is 29.6. The molecule has 0 radical (unpaired) electrons. The summed E-state index contributed by atoms with van der Waals surface area (Å²) in [5, 5.41) is 0. The molecule has 0 aliphatic carbocycles. The van der Waals surface area contributed by atoms with Gasteiger partial charge in [0.1, 0.15) is 5.82 Å². The highest BCUT2D eigenvalue weighted by molar-refractivity contribution is 5.93. The molecule has 24 heavy (non-hydrogen) atoms. The number of piperidine rings is 1. The Morgan fingerprint density at radius 3 is 2.71 bits per heavy atom. The lowest BCUT2D eigenvalue weighted by Crippen LogP contribution is -2.50. The van der Waals surface area contributed by atoms with Crippen LogP contribution < -0.4 is 0 Å². The molecule has 1 aromatic rings. The summed E-state index contributed by atoms with van der Waals surface area (Å²) < 4.78 is 13.0. The number of hydrogen-bond acceptors (Lipinski definition) is 2. The number of rotatable bonds is 3. The fourth-order valence-electron chi connectivity index (χ4n) is 3.38. The van der Waals surface area contributed by atoms with Crippen molar-refractivity contribution in [3.63, 3.8) is 0 Å². The van der Waals surface area contributed by atoms with Crippen LogP contribution in [0.25, 0.3) is 0 Å². The van der Waals surface area contributed by atoms with Crippen molar-refractivity contribution in [2.24, 2.45) is 0 Å². The fraction of sp³-hybridized carbons (Fsp3) is 0.444. The number of terminal acetylenes is 1. The van der Waals surface area contributed by atoms with Gasteiger partial charge in [0, 0.05) is 32.7 Å². The molecule has 0 spiro atoms. The minimum absolute atomic E-state index is 0.0155. The van der Waals surface area contributed by atoms with Gasteiger partial charge in [0.15, 0.2) is 0 Å². The molecule has 2 heterocycles. The quantitative estimate of drug-likeness (QED) is 0.792. The molecular formula is C18H20FN3O2. The highest BCUT2D eigenvalue weighted by atomic mass is 19.1. The van der Waals surface area contributed by atoms with Crippen LogP contribution in [0.15, 0.2) is 24.3 Å². The Bertz CT molecular complexity index is 668. The van der Waals surface area contributed by atoms with E-state index < -0.39 is 0 Å². The van der Waals surface area contributed by atoms with Crippen molar-refractivity contribution in [1.29, 1.82) is 0 Å². The molecule has 126 valence electrons. The third kappa shape index (κ3) is 3.35. The summed E-state index contributed by atoms with van der Waals surface area (Å²) in [6.07, 6.45) is 6.92. The van der Waals surface area contributed by atoms with Crippen LogP contribution in [0, 0.1) is 18.2 Å². The van der Waals surface area contributed by atoms with Gasteiger partial charge in [-0.2, -0.15) is 0 Å². The van der Waals surface area contributed by atoms with Gasteiger partial charge in [0.25, 0.3) is 5.91 Å². The van der Waals surface area contributed by atoms with Crippen LogP contribution in [0.4, 0.5) is 9.18 Å². The van der Waals surface area contributed by atoms with Crippen LogP contribution in [-0.4, -0.2) is 58.9 Å². The topological polar surface area (TPSA) is 43.9 Å². The van der Waals surface area contributed by atoms with Crippen LogP contribution in [0.5, 0.6) is 0 Å². The number of amides is 3. The molecule has 0 N–H and O–H groups in total. The second-order valence-electron chi connectivity index (χ2n) is 6.22. The van der Waals surface area contributed by atoms with Crippen molar-refractivity contribution >= 4 is 11.9 Å². The lowest BCUT2D eigenvalue weighted by Gasteiger charge is -2.36. The predicted molar refractivity (Wildman–Crippen MR) is 87.3 cm³/mol. The maximum atomic E-state index is 13.0. The zero-order chi connectivity index (χ0) is 17.1. The Hall–Kier alpha value is -2.55. The Morgan fingerprint density at radius 2 is 2.00 bits per heavy atom. The first-order chi connectivity index (χ1) is 11.6. The molecule has 0 bridgehead atoms. The molecule has 1 unspecified atom stereocenters. The molecule has 0 saturated carbocycles. The largest absolute Gasteiger partial charge is 0.330 e. The van der Waals surface area contributed by atoms with Gasteiger partial charge in [0.05, 0.1) is 6.04 Å². The van der Waals surface area contributed by atoms with Crippen LogP contribution in [0.3, 0.4) is 0 Å². The van der Waals surface area contributed by atoms with E-state index >= 15 is 0 Å². The summed E-state index contributed by atoms with van der Waals surface area (Å²) in [6, 6.07) is 6.18. The third-order valence-electron chi connectivity index (χ3n) is 4.66. The average molecular weight is 329 g/mol. The van der Waals surface area contributed by atoms with Gasteiger partial charge < -0.3 is 14.7 Å². The number of carbonyl (C=O) groups is 2. The van der Waals surface area contributed by atoms with E-state index in [4.69, 9.17) is 6.42 Å². The van der Waals surface area contributed by atoms with E-state index in [1.54, 1.807) is 21.9 Å². The molecule has 2 saturated heterocycles. The maximum absolute atomic E-state index is 13.0. The monoisotopic (exact) mass is 329 g/mol. The number of urea groups is 1. The van der Waals surface area contributed by atoms with Crippen LogP contribution in [-0.2, 0) is 11.3 Å². The zero-order valence-corrected chi connectivity index (χ0v) is 13.4. The van der Waals surface area contributed by atoms with E-state index in [0.717, 1.165) is 18.4 Å². The number of likely N-dealkylation sites (tertiary alicyclic amines) is 1. The summed E-state index contributed by atoms with van der Waals surface area (Å²) >= 11 is 0. The van der Waals surface area contributed by atoms with E-state index in [2.05, 4.69) is 5.92 Å². The second-order valence-corrected chi connectivity index (χ2v) is 6.22. The van der Waals surface area contributed by atoms with Crippen molar-refractivity contribution in [1.82, 2.24) is 14.7 Å². The molecule has 3 rings (SSSR count). The molecule has 1 atom stereocenters. The summed E-state index contributed by atoms with van der Waals surface area (Å²) in [7, 11) is 0. The van der Waals surface area contributed by atoms with E-state index in [0.29, 0.717) is 32.7 Å². The van der Waals surface area contributed by atoms with Gasteiger partial charge in [-0.15, -0.1) is 6.42 Å². The Balaban J connectivity index is 1.62. The molecule has 2 aliphatic rings. The summed E-state index contributed by atoms with van der Waals surface area (Å²) in [5.74, 6) is 1.55. The van der Waals surface area contributed by atoms with Crippen LogP contribution >= 0.6 is 0 Å². The van der Waals surface area contributed by atoms with Crippen molar-refractivity contribution in [3.8, 4) is 12.3 Å². The first-order valence-corrected chi connectivity index (χ1v) is 8.14. The van der Waals surface area contributed by atoms with E-state index in [9.17, 15) is 14.0 Å². The standard InChI is InChI=1S/C18H20FN3O2/c1-2-17(23)20-9-3-4-16(13-20)22-11-10-21(18(22)24)12-14-5-7-15(19)8-6-14/h1,5-8,16H,3-4,9-13H2. The Labute approximate surface area is 141 Å². The number of nitrogens with zero attached hydrogens (tertiary/aromatic N) is 3. The Kier molecular flexibility index (Phi) is 4.70. The molecule has 5 nitrogen and oxygen atoms in total. The number of halogens is 1. The molecule has 0 aromatic heterocycles. The third-order valence-corrected chi connectivity index (χ3v) is 4.66. The van der Waals surface area contributed by atoms with E-state index in [1.807, 2.05) is 4.90 Å². The number of carbonyl (C=O) groups excluding carboxylic acids is 2. The molecule has 6 heteroatoms. The minimum Gasteiger partial charge on any atom is -0.330 e. The fourth-order valence-corrected chi connectivity index (χ4v) is 3.38. The number of benzene rings is 1. The van der Waals surface area contributed by atoms with Crippen molar-refractivity contribution in [2.45, 2.75) is 25.4 Å². The molecule has 3 amide bonds. The lowest BCUT2D eigenvalue weighted by atomic mass is 10.0. The first kappa shape index (κ1) is 16.3. The summed E-state index contributed by atoms with van der Waals surface area (Å²) in [5.41, 5.74) is 0.902. The highest BCUT2D eigenvalue weighted by Crippen LogP contribution is 2.22. The highest BCUT2D eigenvalue weighted by Gasteiger charge is 2.36. The van der Waals surface area contributed by atoms with Crippen molar-refractivity contribution in [2.75, 3.05) is 26.2 Å². The predicted octanol–water partition coefficient (Wildman–Crippen LogP) is 1.69. The Morgan fingerprint density at radius 1 is 1.25 bits per heavy atom. The van der Waals surface area contributed by atoms with Crippen LogP contribution in [0.1, 0.15) is 18.4 Å². The molecule has 2 fully saturated rings. The molecule has 2 aliphatic heterocycles. The SMILES string of the molecule is C#CC(=O)N1CCCC(N2CCN(Cc3ccc(F)cc3)C2=O)C1. The second kappa shape index (κ2) is 6.91. The van der Waals surface area contributed by atoms with Crippen molar-refractivity contribution in [3.05, 3.63) is 35.6 Å². The van der Waals surface area contributed by atoms with Gasteiger partial charge in [-0.25, -0.2) is 9.18 Å². The van der Waals surface area contributed by atoms with Gasteiger partial charge >= 0.3 is 6.03 Å². The van der Waals surface area contributed by atoms with Gasteiger partial charge in [-0.05, 0) is 36.5 Å². The van der Waals surface area contributed by atoms with Gasteiger partial charge in [-0.3, -0.25) is 4.79 Å². The minimum atomic E-state index is -0.311. The van der Waals surface area contributed by atoms with Crippen LogP contribution in [0.2, 0.25) is 0 Å². The first-order valence-electron chi connectivity index (χ1n) is 8.14. The van der Waals surface area contributed by atoms with Gasteiger partial charge in [0.2, 0.25) is 0 Å². The smallest absolute Gasteiger partial charge is 0.320 e. The maximum Gasteiger partial charge on any atom is 0.320 e. The van der Waals surface area contributed by atoms with E-state index in [1.165, 1.54) is 12.1 Å². The number of hydrogen-bond donors (Lipinski definition) is 0.